The van der Waals surface area contributed by atoms with Gasteiger partial charge in [0.15, 0.2) is 0 Å². The average molecular weight is 320 g/mol. The Morgan fingerprint density at radius 1 is 1.26 bits per heavy atom. The van der Waals surface area contributed by atoms with Gasteiger partial charge in [0.2, 0.25) is 0 Å². The third kappa shape index (κ3) is 4.96. The third-order valence-corrected chi connectivity index (χ3v) is 4.07. The molecule has 1 aliphatic rings. The van der Waals surface area contributed by atoms with Crippen molar-refractivity contribution in [3.8, 4) is 0 Å². The van der Waals surface area contributed by atoms with Crippen LogP contribution < -0.4 is 5.32 Å². The molecule has 1 aromatic carbocycles. The largest absolute Gasteiger partial charge is 0.481 e. The molecule has 2 rings (SSSR count). The zero-order valence-electron chi connectivity index (χ0n) is 13.6. The van der Waals surface area contributed by atoms with Crippen molar-refractivity contribution in [3.05, 3.63) is 35.4 Å². The molecule has 0 radical (unpaired) electrons. The number of hydrogen-bond acceptors (Lipinski definition) is 3. The molecule has 2 amide bonds. The summed E-state index contributed by atoms with van der Waals surface area (Å²) in [4.78, 5) is 25.0. The van der Waals surface area contributed by atoms with E-state index in [-0.39, 0.29) is 18.5 Å². The lowest BCUT2D eigenvalue weighted by atomic mass is 9.91. The summed E-state index contributed by atoms with van der Waals surface area (Å²) in [6, 6.07) is 7.63. The van der Waals surface area contributed by atoms with Crippen molar-refractivity contribution < 1.29 is 19.4 Å². The highest BCUT2D eigenvalue weighted by Gasteiger charge is 2.31. The summed E-state index contributed by atoms with van der Waals surface area (Å²) in [5.74, 6) is -1.11. The normalized spacial score (nSPS) is 21.0. The minimum Gasteiger partial charge on any atom is -0.481 e. The van der Waals surface area contributed by atoms with E-state index in [4.69, 9.17) is 9.84 Å². The van der Waals surface area contributed by atoms with Crippen LogP contribution in [0.3, 0.4) is 0 Å². The number of methoxy groups -OCH3 is 1. The maximum atomic E-state index is 12.3. The number of nitrogens with one attached hydrogen (secondary N) is 1. The van der Waals surface area contributed by atoms with Crippen LogP contribution >= 0.6 is 0 Å². The van der Waals surface area contributed by atoms with Gasteiger partial charge in [-0.3, -0.25) is 4.79 Å². The average Bonchev–Trinajstić information content (AvgIpc) is 2.53. The zero-order valence-corrected chi connectivity index (χ0v) is 13.6. The predicted molar refractivity (Wildman–Crippen MR) is 85.9 cm³/mol. The smallest absolute Gasteiger partial charge is 0.317 e. The Hall–Kier alpha value is -2.08. The molecule has 1 aliphatic heterocycles. The summed E-state index contributed by atoms with van der Waals surface area (Å²) in [5.41, 5.74) is 2.08. The number of hydrogen-bond donors (Lipinski definition) is 2. The van der Waals surface area contributed by atoms with Gasteiger partial charge in [-0.15, -0.1) is 0 Å². The molecule has 1 aromatic rings. The first-order valence-corrected chi connectivity index (χ1v) is 7.82. The topological polar surface area (TPSA) is 78.9 Å². The molecule has 0 aliphatic carbocycles. The Morgan fingerprint density at radius 2 is 1.91 bits per heavy atom. The van der Waals surface area contributed by atoms with E-state index in [2.05, 4.69) is 5.32 Å². The van der Waals surface area contributed by atoms with E-state index in [9.17, 15) is 9.59 Å². The number of rotatable bonds is 5. The molecule has 0 spiro atoms. The Balaban J connectivity index is 1.87. The maximum Gasteiger partial charge on any atom is 0.317 e. The number of carboxylic acid groups (broad SMARTS) is 1. The summed E-state index contributed by atoms with van der Waals surface area (Å²) in [7, 11) is 1.65. The number of urea groups is 1. The van der Waals surface area contributed by atoms with Crippen LogP contribution in [0.2, 0.25) is 0 Å². The minimum absolute atomic E-state index is 0.198. The molecule has 6 heteroatoms. The van der Waals surface area contributed by atoms with Gasteiger partial charge in [0.25, 0.3) is 0 Å². The summed E-state index contributed by atoms with van der Waals surface area (Å²) in [6.45, 7) is 3.84. The first-order valence-electron chi connectivity index (χ1n) is 7.82. The summed E-state index contributed by atoms with van der Waals surface area (Å²) in [5, 5.41) is 12.0. The molecule has 23 heavy (non-hydrogen) atoms. The van der Waals surface area contributed by atoms with Crippen LogP contribution in [0, 0.1) is 11.8 Å². The predicted octanol–water partition coefficient (Wildman–Crippen LogP) is 2.09. The minimum atomic E-state index is -0.830. The number of carbonyl (C=O) groups is 2. The number of piperidine rings is 1. The number of benzene rings is 1. The van der Waals surface area contributed by atoms with Gasteiger partial charge >= 0.3 is 12.0 Å². The van der Waals surface area contributed by atoms with E-state index in [0.717, 1.165) is 11.1 Å². The molecule has 1 fully saturated rings. The zero-order chi connectivity index (χ0) is 16.8. The second-order valence-electron chi connectivity index (χ2n) is 6.19. The molecular formula is C17H24N2O4. The van der Waals surface area contributed by atoms with Gasteiger partial charge in [-0.25, -0.2) is 4.79 Å². The first-order chi connectivity index (χ1) is 11.0. The molecule has 0 aromatic heterocycles. The lowest BCUT2D eigenvalue weighted by molar-refractivity contribution is -0.143. The molecule has 1 heterocycles. The van der Waals surface area contributed by atoms with E-state index in [0.29, 0.717) is 26.1 Å². The first kappa shape index (κ1) is 17.3. The van der Waals surface area contributed by atoms with Crippen LogP contribution in [0.15, 0.2) is 24.3 Å². The van der Waals surface area contributed by atoms with Crippen molar-refractivity contribution in [2.75, 3.05) is 20.2 Å². The van der Waals surface area contributed by atoms with Crippen molar-refractivity contribution in [1.29, 1.82) is 0 Å². The highest BCUT2D eigenvalue weighted by Crippen LogP contribution is 2.21. The molecule has 2 unspecified atom stereocenters. The molecule has 0 saturated carbocycles. The number of amides is 2. The quantitative estimate of drug-likeness (QED) is 0.870. The van der Waals surface area contributed by atoms with E-state index in [1.54, 1.807) is 12.0 Å². The molecule has 2 N–H and O–H groups in total. The number of ether oxygens (including phenoxy) is 1. The summed E-state index contributed by atoms with van der Waals surface area (Å²) in [6.07, 6.45) is 0.625. The number of carbonyl (C=O) groups excluding carboxylic acids is 1. The van der Waals surface area contributed by atoms with Gasteiger partial charge in [0, 0.05) is 26.7 Å². The lowest BCUT2D eigenvalue weighted by Gasteiger charge is -2.34. The van der Waals surface area contributed by atoms with Crippen LogP contribution in [-0.2, 0) is 22.7 Å². The number of aliphatic carboxylic acids is 1. The van der Waals surface area contributed by atoms with Gasteiger partial charge < -0.3 is 20.1 Å². The van der Waals surface area contributed by atoms with Crippen molar-refractivity contribution in [3.63, 3.8) is 0 Å². The number of nitrogens with zero attached hydrogens (tertiary/aromatic N) is 1. The molecule has 126 valence electrons. The summed E-state index contributed by atoms with van der Waals surface area (Å²) < 4.78 is 5.06. The Bertz CT molecular complexity index is 544. The van der Waals surface area contributed by atoms with Crippen LogP contribution in [0.5, 0.6) is 0 Å². The SMILES string of the molecule is COCc1ccc(CNC(=O)N2CC(C)CC(C(=O)O)C2)cc1. The summed E-state index contributed by atoms with van der Waals surface area (Å²) >= 11 is 0. The lowest BCUT2D eigenvalue weighted by Crippen LogP contribution is -2.49. The third-order valence-electron chi connectivity index (χ3n) is 4.07. The van der Waals surface area contributed by atoms with Crippen molar-refractivity contribution in [1.82, 2.24) is 10.2 Å². The fourth-order valence-electron chi connectivity index (χ4n) is 2.91. The van der Waals surface area contributed by atoms with Crippen LogP contribution in [0.1, 0.15) is 24.5 Å². The Kier molecular flexibility index (Phi) is 5.98. The van der Waals surface area contributed by atoms with E-state index < -0.39 is 11.9 Å². The van der Waals surface area contributed by atoms with Gasteiger partial charge in [0.05, 0.1) is 12.5 Å². The van der Waals surface area contributed by atoms with Crippen molar-refractivity contribution in [2.45, 2.75) is 26.5 Å². The molecule has 2 atom stereocenters. The Morgan fingerprint density at radius 3 is 2.52 bits per heavy atom. The van der Waals surface area contributed by atoms with E-state index >= 15 is 0 Å². The second kappa shape index (κ2) is 7.97. The van der Waals surface area contributed by atoms with Gasteiger partial charge in [-0.1, -0.05) is 31.2 Å². The number of carboxylic acids is 1. The van der Waals surface area contributed by atoms with Gasteiger partial charge in [-0.2, -0.15) is 0 Å². The maximum absolute atomic E-state index is 12.3. The Labute approximate surface area is 136 Å². The number of likely N-dealkylation sites (tertiary alicyclic amines) is 1. The van der Waals surface area contributed by atoms with E-state index in [1.165, 1.54) is 0 Å². The molecular weight excluding hydrogens is 296 g/mol. The van der Waals surface area contributed by atoms with Crippen molar-refractivity contribution >= 4 is 12.0 Å². The second-order valence-corrected chi connectivity index (χ2v) is 6.19. The molecule has 6 nitrogen and oxygen atoms in total. The monoisotopic (exact) mass is 320 g/mol. The fourth-order valence-corrected chi connectivity index (χ4v) is 2.91. The fraction of sp³-hybridized carbons (Fsp3) is 0.529. The van der Waals surface area contributed by atoms with Crippen molar-refractivity contribution in [2.24, 2.45) is 11.8 Å². The molecule has 0 bridgehead atoms. The van der Waals surface area contributed by atoms with Crippen LogP contribution in [-0.4, -0.2) is 42.2 Å². The van der Waals surface area contributed by atoms with Gasteiger partial charge in [0.1, 0.15) is 0 Å². The highest BCUT2D eigenvalue weighted by molar-refractivity contribution is 5.76. The highest BCUT2D eigenvalue weighted by atomic mass is 16.5. The standard InChI is InChI=1S/C17H24N2O4/c1-12-7-15(16(20)21)10-19(9-12)17(22)18-8-13-3-5-14(6-4-13)11-23-2/h3-6,12,15H,7-11H2,1-2H3,(H,18,22)(H,20,21). The molecule has 1 saturated heterocycles. The van der Waals surface area contributed by atoms with Gasteiger partial charge in [-0.05, 0) is 23.5 Å². The van der Waals surface area contributed by atoms with Crippen LogP contribution in [0.4, 0.5) is 4.79 Å². The van der Waals surface area contributed by atoms with Crippen LogP contribution in [0.25, 0.3) is 0 Å². The van der Waals surface area contributed by atoms with E-state index in [1.807, 2.05) is 31.2 Å².